The summed E-state index contributed by atoms with van der Waals surface area (Å²) in [6, 6.07) is 4.25. The fraction of sp³-hybridized carbons (Fsp3) is 0.571. The lowest BCUT2D eigenvalue weighted by Crippen LogP contribution is -2.39. The molecular weight excluding hydrogens is 252 g/mol. The first-order valence-corrected chi connectivity index (χ1v) is 7.55. The predicted octanol–water partition coefficient (Wildman–Crippen LogP) is 3.38. The molecule has 0 saturated carbocycles. The summed E-state index contributed by atoms with van der Waals surface area (Å²) >= 11 is 1.91. The van der Waals surface area contributed by atoms with Crippen LogP contribution in [0.5, 0.6) is 0 Å². The van der Waals surface area contributed by atoms with Gasteiger partial charge in [0.1, 0.15) is 11.6 Å². The number of hydrogen-bond donors (Lipinski definition) is 1. The van der Waals surface area contributed by atoms with Crippen molar-refractivity contribution in [1.82, 2.24) is 5.32 Å². The number of thioether (sulfide) groups is 1. The highest BCUT2D eigenvalue weighted by Crippen LogP contribution is 2.30. The maximum atomic E-state index is 13.7. The smallest absolute Gasteiger partial charge is 0.129 e. The number of hydrogen-bond acceptors (Lipinski definition) is 2. The fourth-order valence-corrected chi connectivity index (χ4v) is 3.86. The molecule has 1 saturated heterocycles. The highest BCUT2D eigenvalue weighted by atomic mass is 32.2. The van der Waals surface area contributed by atoms with E-state index in [9.17, 15) is 8.78 Å². The number of rotatable bonds is 5. The van der Waals surface area contributed by atoms with Gasteiger partial charge in [-0.3, -0.25) is 0 Å². The van der Waals surface area contributed by atoms with E-state index in [-0.39, 0.29) is 11.6 Å². The van der Waals surface area contributed by atoms with E-state index in [1.54, 1.807) is 0 Å². The maximum absolute atomic E-state index is 13.7. The Morgan fingerprint density at radius 2 is 2.11 bits per heavy atom. The maximum Gasteiger partial charge on any atom is 0.129 e. The third kappa shape index (κ3) is 3.23. The van der Waals surface area contributed by atoms with Crippen LogP contribution in [0.3, 0.4) is 0 Å². The van der Waals surface area contributed by atoms with Gasteiger partial charge in [-0.05, 0) is 43.7 Å². The molecule has 1 N–H and O–H groups in total. The molecule has 1 aliphatic heterocycles. The highest BCUT2D eigenvalue weighted by molar-refractivity contribution is 8.00. The van der Waals surface area contributed by atoms with E-state index in [1.807, 2.05) is 18.7 Å². The summed E-state index contributed by atoms with van der Waals surface area (Å²) in [5.41, 5.74) is 0.218. The van der Waals surface area contributed by atoms with Gasteiger partial charge in [-0.1, -0.05) is 13.0 Å². The topological polar surface area (TPSA) is 12.0 Å². The van der Waals surface area contributed by atoms with Crippen LogP contribution in [-0.4, -0.2) is 23.6 Å². The van der Waals surface area contributed by atoms with Crippen LogP contribution in [0.1, 0.15) is 25.3 Å². The first kappa shape index (κ1) is 13.8. The molecule has 1 heterocycles. The summed E-state index contributed by atoms with van der Waals surface area (Å²) in [6.45, 7) is 2.86. The number of likely N-dealkylation sites (N-methyl/N-ethyl adjacent to an activating group) is 1. The molecule has 1 fully saturated rings. The van der Waals surface area contributed by atoms with Crippen molar-refractivity contribution >= 4 is 11.8 Å². The van der Waals surface area contributed by atoms with Crippen molar-refractivity contribution in [2.75, 3.05) is 12.3 Å². The Hall–Kier alpha value is -0.610. The molecule has 2 unspecified atom stereocenters. The van der Waals surface area contributed by atoms with Gasteiger partial charge in [-0.2, -0.15) is 11.8 Å². The lowest BCUT2D eigenvalue weighted by molar-refractivity contribution is 0.468. The van der Waals surface area contributed by atoms with Crippen LogP contribution in [0, 0.1) is 11.6 Å². The van der Waals surface area contributed by atoms with E-state index in [0.717, 1.165) is 18.7 Å². The van der Waals surface area contributed by atoms with E-state index in [2.05, 4.69) is 5.32 Å². The first-order chi connectivity index (χ1) is 8.72. The van der Waals surface area contributed by atoms with Crippen molar-refractivity contribution < 1.29 is 8.78 Å². The zero-order valence-electron chi connectivity index (χ0n) is 10.6. The van der Waals surface area contributed by atoms with Crippen molar-refractivity contribution in [3.8, 4) is 0 Å². The lowest BCUT2D eigenvalue weighted by Gasteiger charge is -2.24. The quantitative estimate of drug-likeness (QED) is 0.881. The van der Waals surface area contributed by atoms with Crippen LogP contribution in [0.25, 0.3) is 0 Å². The summed E-state index contributed by atoms with van der Waals surface area (Å²) in [5.74, 6) is 0.300. The minimum absolute atomic E-state index is 0.161. The Morgan fingerprint density at radius 1 is 1.39 bits per heavy atom. The molecule has 4 heteroatoms. The number of halogens is 2. The normalized spacial score (nSPS) is 21.2. The SMILES string of the molecule is CCNC(Cc1c(F)cccc1F)C1CCCS1. The minimum atomic E-state index is -0.430. The molecule has 0 aromatic heterocycles. The largest absolute Gasteiger partial charge is 0.313 e. The Kier molecular flexibility index (Phi) is 5.01. The van der Waals surface area contributed by atoms with Gasteiger partial charge >= 0.3 is 0 Å². The second kappa shape index (κ2) is 6.53. The molecule has 100 valence electrons. The van der Waals surface area contributed by atoms with Crippen LogP contribution < -0.4 is 5.32 Å². The molecule has 18 heavy (non-hydrogen) atoms. The second-order valence-electron chi connectivity index (χ2n) is 4.62. The van der Waals surface area contributed by atoms with E-state index in [0.29, 0.717) is 11.7 Å². The Bertz CT molecular complexity index is 371. The van der Waals surface area contributed by atoms with Crippen molar-refractivity contribution in [3.63, 3.8) is 0 Å². The van der Waals surface area contributed by atoms with Gasteiger partial charge in [0.05, 0.1) is 0 Å². The molecule has 2 rings (SSSR count). The zero-order chi connectivity index (χ0) is 13.0. The molecule has 1 aliphatic rings. The average Bonchev–Trinajstić information content (AvgIpc) is 2.86. The van der Waals surface area contributed by atoms with Crippen LogP contribution in [0.2, 0.25) is 0 Å². The molecule has 0 amide bonds. The summed E-state index contributed by atoms with van der Waals surface area (Å²) in [7, 11) is 0. The minimum Gasteiger partial charge on any atom is -0.313 e. The van der Waals surface area contributed by atoms with Gasteiger partial charge in [0.15, 0.2) is 0 Å². The first-order valence-electron chi connectivity index (χ1n) is 6.50. The van der Waals surface area contributed by atoms with E-state index >= 15 is 0 Å². The Balaban J connectivity index is 2.12. The molecule has 1 aromatic rings. The summed E-state index contributed by atoms with van der Waals surface area (Å²) in [4.78, 5) is 0. The van der Waals surface area contributed by atoms with E-state index in [1.165, 1.54) is 24.6 Å². The van der Waals surface area contributed by atoms with Gasteiger partial charge in [-0.25, -0.2) is 8.78 Å². The fourth-order valence-electron chi connectivity index (χ4n) is 2.46. The third-order valence-corrected chi connectivity index (χ3v) is 4.88. The molecule has 1 nitrogen and oxygen atoms in total. The van der Waals surface area contributed by atoms with Crippen LogP contribution in [0.15, 0.2) is 18.2 Å². The molecular formula is C14H19F2NS. The van der Waals surface area contributed by atoms with Gasteiger partial charge in [0.25, 0.3) is 0 Å². The summed E-state index contributed by atoms with van der Waals surface area (Å²) in [6.07, 6.45) is 2.78. The number of nitrogens with one attached hydrogen (secondary N) is 1. The summed E-state index contributed by atoms with van der Waals surface area (Å²) in [5, 5.41) is 3.85. The van der Waals surface area contributed by atoms with Crippen molar-refractivity contribution in [1.29, 1.82) is 0 Å². The molecule has 1 aromatic carbocycles. The van der Waals surface area contributed by atoms with Crippen molar-refractivity contribution in [2.45, 2.75) is 37.5 Å². The van der Waals surface area contributed by atoms with Crippen molar-refractivity contribution in [3.05, 3.63) is 35.4 Å². The predicted molar refractivity (Wildman–Crippen MR) is 73.0 cm³/mol. The molecule has 0 spiro atoms. The van der Waals surface area contributed by atoms with E-state index in [4.69, 9.17) is 0 Å². The molecule has 0 bridgehead atoms. The highest BCUT2D eigenvalue weighted by Gasteiger charge is 2.26. The monoisotopic (exact) mass is 271 g/mol. The zero-order valence-corrected chi connectivity index (χ0v) is 11.4. The standard InChI is InChI=1S/C14H19F2NS/c1-2-17-13(14-7-4-8-18-14)9-10-11(15)5-3-6-12(10)16/h3,5-6,13-14,17H,2,4,7-9H2,1H3. The van der Waals surface area contributed by atoms with Gasteiger partial charge < -0.3 is 5.32 Å². The summed E-state index contributed by atoms with van der Waals surface area (Å²) < 4.78 is 27.3. The van der Waals surface area contributed by atoms with Crippen LogP contribution in [0.4, 0.5) is 8.78 Å². The Morgan fingerprint density at radius 3 is 2.67 bits per heavy atom. The lowest BCUT2D eigenvalue weighted by atomic mass is 10.00. The molecule has 0 aliphatic carbocycles. The van der Waals surface area contributed by atoms with Gasteiger partial charge in [-0.15, -0.1) is 0 Å². The van der Waals surface area contributed by atoms with Crippen LogP contribution >= 0.6 is 11.8 Å². The van der Waals surface area contributed by atoms with Gasteiger partial charge in [0, 0.05) is 16.9 Å². The molecule has 0 radical (unpaired) electrons. The third-order valence-electron chi connectivity index (χ3n) is 3.37. The van der Waals surface area contributed by atoms with E-state index < -0.39 is 11.6 Å². The van der Waals surface area contributed by atoms with Crippen molar-refractivity contribution in [2.24, 2.45) is 0 Å². The second-order valence-corrected chi connectivity index (χ2v) is 5.97. The molecule has 2 atom stereocenters. The van der Waals surface area contributed by atoms with Crippen LogP contribution in [-0.2, 0) is 6.42 Å². The Labute approximate surface area is 111 Å². The van der Waals surface area contributed by atoms with Gasteiger partial charge in [0.2, 0.25) is 0 Å². The average molecular weight is 271 g/mol. The number of benzene rings is 1.